The Kier molecular flexibility index (Phi) is 7.17. The minimum Gasteiger partial charge on any atom is -0.434 e. The van der Waals surface area contributed by atoms with E-state index in [4.69, 9.17) is 0 Å². The van der Waals surface area contributed by atoms with Gasteiger partial charge in [0.05, 0.1) is 5.69 Å². The summed E-state index contributed by atoms with van der Waals surface area (Å²) in [6.07, 6.45) is 5.06. The summed E-state index contributed by atoms with van der Waals surface area (Å²) in [4.78, 5) is 12.4. The minimum atomic E-state index is -3.73. The number of anilines is 1. The van der Waals surface area contributed by atoms with Gasteiger partial charge in [0, 0.05) is 24.7 Å². The van der Waals surface area contributed by atoms with Crippen molar-refractivity contribution in [2.45, 2.75) is 30.8 Å². The zero-order chi connectivity index (χ0) is 21.6. The highest BCUT2D eigenvalue weighted by Crippen LogP contribution is 2.27. The molecule has 160 valence electrons. The van der Waals surface area contributed by atoms with Crippen LogP contribution in [-0.2, 0) is 14.8 Å². The van der Waals surface area contributed by atoms with Crippen LogP contribution in [0.25, 0.3) is 6.08 Å². The lowest BCUT2D eigenvalue weighted by Gasteiger charge is -2.26. The van der Waals surface area contributed by atoms with Gasteiger partial charge in [-0.2, -0.15) is 13.1 Å². The first-order valence-corrected chi connectivity index (χ1v) is 10.9. The van der Waals surface area contributed by atoms with Crippen LogP contribution in [0.15, 0.2) is 59.5 Å². The number of amides is 1. The number of alkyl halides is 2. The number of para-hydroxylation sites is 2. The van der Waals surface area contributed by atoms with Gasteiger partial charge in [-0.1, -0.05) is 36.8 Å². The fourth-order valence-electron chi connectivity index (χ4n) is 3.20. The van der Waals surface area contributed by atoms with Crippen LogP contribution in [0.1, 0.15) is 24.8 Å². The predicted octanol–water partition coefficient (Wildman–Crippen LogP) is 4.11. The summed E-state index contributed by atoms with van der Waals surface area (Å²) >= 11 is 0. The van der Waals surface area contributed by atoms with E-state index in [1.54, 1.807) is 18.2 Å². The highest BCUT2D eigenvalue weighted by atomic mass is 32.2. The number of nitrogens with one attached hydrogen (secondary N) is 1. The molecule has 0 spiro atoms. The molecule has 0 atom stereocenters. The second-order valence-electron chi connectivity index (χ2n) is 6.70. The van der Waals surface area contributed by atoms with E-state index < -0.39 is 22.5 Å². The Balaban J connectivity index is 1.78. The lowest BCUT2D eigenvalue weighted by Crippen LogP contribution is -2.36. The fourth-order valence-corrected chi connectivity index (χ4v) is 4.87. The number of hydrogen-bond acceptors (Lipinski definition) is 4. The highest BCUT2D eigenvalue weighted by molar-refractivity contribution is 7.89. The molecule has 2 aromatic rings. The van der Waals surface area contributed by atoms with Gasteiger partial charge < -0.3 is 10.1 Å². The quantitative estimate of drug-likeness (QED) is 0.663. The van der Waals surface area contributed by atoms with E-state index >= 15 is 0 Å². The van der Waals surface area contributed by atoms with Gasteiger partial charge >= 0.3 is 6.61 Å². The van der Waals surface area contributed by atoms with Crippen molar-refractivity contribution in [1.29, 1.82) is 0 Å². The van der Waals surface area contributed by atoms with Crippen molar-refractivity contribution in [3.8, 4) is 5.75 Å². The van der Waals surface area contributed by atoms with E-state index in [0.29, 0.717) is 18.7 Å². The van der Waals surface area contributed by atoms with E-state index in [1.165, 1.54) is 40.7 Å². The zero-order valence-electron chi connectivity index (χ0n) is 16.1. The van der Waals surface area contributed by atoms with Gasteiger partial charge in [-0.15, -0.1) is 0 Å². The number of carbonyl (C=O) groups excluding carboxylic acids is 1. The van der Waals surface area contributed by atoms with Crippen LogP contribution in [0.4, 0.5) is 14.5 Å². The Hall–Kier alpha value is -2.78. The molecule has 0 radical (unpaired) electrons. The van der Waals surface area contributed by atoms with E-state index in [9.17, 15) is 22.0 Å². The number of rotatable bonds is 7. The Morgan fingerprint density at radius 2 is 1.70 bits per heavy atom. The average molecular weight is 436 g/mol. The Bertz CT molecular complexity index is 1020. The molecule has 0 aliphatic carbocycles. The van der Waals surface area contributed by atoms with E-state index in [-0.39, 0.29) is 16.3 Å². The van der Waals surface area contributed by atoms with Gasteiger partial charge in [-0.3, -0.25) is 4.79 Å². The van der Waals surface area contributed by atoms with Crippen molar-refractivity contribution in [2.24, 2.45) is 0 Å². The Morgan fingerprint density at radius 3 is 2.43 bits per heavy atom. The molecule has 9 heteroatoms. The van der Waals surface area contributed by atoms with Crippen LogP contribution in [-0.4, -0.2) is 38.3 Å². The Labute approximate surface area is 174 Å². The molecular formula is C21H22F2N2O4S. The van der Waals surface area contributed by atoms with Crippen LogP contribution < -0.4 is 10.1 Å². The summed E-state index contributed by atoms with van der Waals surface area (Å²) in [5, 5.41) is 2.57. The van der Waals surface area contributed by atoms with E-state index in [2.05, 4.69) is 10.1 Å². The first-order chi connectivity index (χ1) is 14.4. The third-order valence-electron chi connectivity index (χ3n) is 4.63. The molecule has 0 bridgehead atoms. The van der Waals surface area contributed by atoms with Gasteiger partial charge in [-0.25, -0.2) is 8.42 Å². The summed E-state index contributed by atoms with van der Waals surface area (Å²) in [5.41, 5.74) is 0.456. The lowest BCUT2D eigenvalue weighted by atomic mass is 10.2. The first kappa shape index (κ1) is 21.9. The van der Waals surface area contributed by atoms with Crippen LogP contribution in [0.5, 0.6) is 5.75 Å². The molecule has 1 heterocycles. The lowest BCUT2D eigenvalue weighted by molar-refractivity contribution is -0.111. The number of nitrogens with zero attached hydrogens (tertiary/aromatic N) is 1. The SMILES string of the molecule is O=C(/C=C/c1ccccc1OC(F)F)Nc1ccccc1S(=O)(=O)N1CCCCC1. The third-order valence-corrected chi connectivity index (χ3v) is 6.58. The summed E-state index contributed by atoms with van der Waals surface area (Å²) in [5.74, 6) is -0.659. The number of piperidine rings is 1. The second kappa shape index (κ2) is 9.82. The maximum Gasteiger partial charge on any atom is 0.387 e. The molecule has 2 aromatic carbocycles. The number of sulfonamides is 1. The minimum absolute atomic E-state index is 0.0232. The monoisotopic (exact) mass is 436 g/mol. The highest BCUT2D eigenvalue weighted by Gasteiger charge is 2.28. The number of hydrogen-bond donors (Lipinski definition) is 1. The van der Waals surface area contributed by atoms with Crippen molar-refractivity contribution in [3.63, 3.8) is 0 Å². The molecule has 1 N–H and O–H groups in total. The molecule has 1 aliphatic rings. The maximum atomic E-state index is 13.0. The van der Waals surface area contributed by atoms with Gasteiger partial charge in [-0.05, 0) is 37.1 Å². The molecule has 0 aromatic heterocycles. The molecule has 1 aliphatic heterocycles. The van der Waals surface area contributed by atoms with Crippen LogP contribution in [0.2, 0.25) is 0 Å². The standard InChI is InChI=1S/C21H22F2N2O4S/c22-21(23)29-18-10-4-2-8-16(18)12-13-20(26)24-17-9-3-5-11-19(17)30(27,28)25-14-6-1-7-15-25/h2-5,8-13,21H,1,6-7,14-15H2,(H,24,26)/b13-12+. The predicted molar refractivity (Wildman–Crippen MR) is 110 cm³/mol. The van der Waals surface area contributed by atoms with Crippen LogP contribution in [0, 0.1) is 0 Å². The van der Waals surface area contributed by atoms with Crippen molar-refractivity contribution in [3.05, 3.63) is 60.2 Å². The number of benzene rings is 2. The molecular weight excluding hydrogens is 414 g/mol. The maximum absolute atomic E-state index is 13.0. The number of halogens is 2. The number of ether oxygens (including phenoxy) is 1. The van der Waals surface area contributed by atoms with Crippen molar-refractivity contribution in [2.75, 3.05) is 18.4 Å². The average Bonchev–Trinajstić information content (AvgIpc) is 2.73. The van der Waals surface area contributed by atoms with Gasteiger partial charge in [0.1, 0.15) is 10.6 Å². The number of carbonyl (C=O) groups is 1. The summed E-state index contributed by atoms with van der Waals surface area (Å²) in [6, 6.07) is 12.2. The molecule has 30 heavy (non-hydrogen) atoms. The second-order valence-corrected chi connectivity index (χ2v) is 8.61. The van der Waals surface area contributed by atoms with Gasteiger partial charge in [0.25, 0.3) is 0 Å². The molecule has 3 rings (SSSR count). The molecule has 6 nitrogen and oxygen atoms in total. The van der Waals surface area contributed by atoms with Gasteiger partial charge in [0.15, 0.2) is 0 Å². The van der Waals surface area contributed by atoms with E-state index in [1.807, 2.05) is 0 Å². The summed E-state index contributed by atoms with van der Waals surface area (Å²) in [7, 11) is -3.73. The first-order valence-electron chi connectivity index (χ1n) is 9.50. The molecule has 1 amide bonds. The summed E-state index contributed by atoms with van der Waals surface area (Å²) < 4.78 is 56.8. The molecule has 0 unspecified atom stereocenters. The van der Waals surface area contributed by atoms with Crippen LogP contribution >= 0.6 is 0 Å². The Morgan fingerprint density at radius 1 is 1.03 bits per heavy atom. The van der Waals surface area contributed by atoms with Crippen molar-refractivity contribution >= 4 is 27.7 Å². The van der Waals surface area contributed by atoms with Gasteiger partial charge in [0.2, 0.25) is 15.9 Å². The van der Waals surface area contributed by atoms with Crippen molar-refractivity contribution in [1.82, 2.24) is 4.31 Å². The molecule has 0 saturated carbocycles. The largest absolute Gasteiger partial charge is 0.434 e. The fraction of sp³-hybridized carbons (Fsp3) is 0.286. The molecule has 1 saturated heterocycles. The smallest absolute Gasteiger partial charge is 0.387 e. The normalized spacial score (nSPS) is 15.4. The van der Waals surface area contributed by atoms with E-state index in [0.717, 1.165) is 25.3 Å². The zero-order valence-corrected chi connectivity index (χ0v) is 16.9. The van der Waals surface area contributed by atoms with Crippen LogP contribution in [0.3, 0.4) is 0 Å². The third kappa shape index (κ3) is 5.43. The summed E-state index contributed by atoms with van der Waals surface area (Å²) in [6.45, 7) is -2.09. The van der Waals surface area contributed by atoms with Crippen molar-refractivity contribution < 1.29 is 26.7 Å². The molecule has 1 fully saturated rings. The topological polar surface area (TPSA) is 75.7 Å².